The fraction of sp³-hybridized carbons (Fsp3) is 0.333. The highest BCUT2D eigenvalue weighted by Gasteiger charge is 2.38. The van der Waals surface area contributed by atoms with Crippen molar-refractivity contribution in [1.82, 2.24) is 20.0 Å². The van der Waals surface area contributed by atoms with Gasteiger partial charge in [0.2, 0.25) is 23.6 Å². The standard InChI is InChI=1S/C33H40N4O4/c1-24(38)35(3)29(22-26-17-11-7-12-18-26)32(40)37(5)30(23-27-19-13-8-14-20-27)33(41)36(4)28(31(39)34-2)21-25-15-9-6-10-16-25/h6-20,28-30H,21-23H2,1-5H3,(H,34,39)/t28-,29-,30-/m0/s1. The van der Waals surface area contributed by atoms with Crippen molar-refractivity contribution in [3.05, 3.63) is 108 Å². The molecule has 216 valence electrons. The predicted molar refractivity (Wildman–Crippen MR) is 160 cm³/mol. The van der Waals surface area contributed by atoms with E-state index in [1.807, 2.05) is 91.0 Å². The normalized spacial score (nSPS) is 12.9. The SMILES string of the molecule is CNC(=O)[C@H](Cc1ccccc1)N(C)C(=O)[C@H](Cc1ccccc1)N(C)C(=O)[C@H](Cc1ccccc1)N(C)C(C)=O. The van der Waals surface area contributed by atoms with Crippen LogP contribution >= 0.6 is 0 Å². The summed E-state index contributed by atoms with van der Waals surface area (Å²) < 4.78 is 0. The summed E-state index contributed by atoms with van der Waals surface area (Å²) in [6.07, 6.45) is 0.874. The van der Waals surface area contributed by atoms with Crippen LogP contribution in [0.4, 0.5) is 0 Å². The topological polar surface area (TPSA) is 90.0 Å². The van der Waals surface area contributed by atoms with Crippen LogP contribution in [0.15, 0.2) is 91.0 Å². The van der Waals surface area contributed by atoms with Crippen LogP contribution in [-0.2, 0) is 38.4 Å². The highest BCUT2D eigenvalue weighted by Crippen LogP contribution is 2.18. The summed E-state index contributed by atoms with van der Waals surface area (Å²) in [7, 11) is 6.34. The van der Waals surface area contributed by atoms with Crippen LogP contribution in [0.5, 0.6) is 0 Å². The molecule has 0 heterocycles. The average Bonchev–Trinajstić information content (AvgIpc) is 3.00. The van der Waals surface area contributed by atoms with Crippen LogP contribution in [0.25, 0.3) is 0 Å². The molecule has 41 heavy (non-hydrogen) atoms. The Morgan fingerprint density at radius 3 is 1.22 bits per heavy atom. The Hall–Kier alpha value is -4.46. The summed E-state index contributed by atoms with van der Waals surface area (Å²) in [5, 5.41) is 2.68. The zero-order valence-corrected chi connectivity index (χ0v) is 24.5. The molecule has 0 spiro atoms. The predicted octanol–water partition coefficient (Wildman–Crippen LogP) is 2.96. The Kier molecular flexibility index (Phi) is 11.2. The third kappa shape index (κ3) is 8.27. The minimum atomic E-state index is -0.906. The van der Waals surface area contributed by atoms with Crippen molar-refractivity contribution in [2.75, 3.05) is 28.2 Å². The molecule has 4 amide bonds. The largest absolute Gasteiger partial charge is 0.357 e. The minimum absolute atomic E-state index is 0.250. The first-order chi connectivity index (χ1) is 19.6. The maximum atomic E-state index is 14.2. The zero-order valence-electron chi connectivity index (χ0n) is 24.5. The highest BCUT2D eigenvalue weighted by atomic mass is 16.2. The van der Waals surface area contributed by atoms with E-state index in [-0.39, 0.29) is 30.0 Å². The van der Waals surface area contributed by atoms with Crippen LogP contribution in [0.2, 0.25) is 0 Å². The van der Waals surface area contributed by atoms with Gasteiger partial charge in [0.05, 0.1) is 0 Å². The van der Waals surface area contributed by atoms with Gasteiger partial charge in [-0.15, -0.1) is 0 Å². The molecule has 0 aliphatic carbocycles. The molecule has 0 aliphatic heterocycles. The van der Waals surface area contributed by atoms with Crippen molar-refractivity contribution in [1.29, 1.82) is 0 Å². The number of benzene rings is 3. The van der Waals surface area contributed by atoms with E-state index in [2.05, 4.69) is 5.32 Å². The molecule has 3 aromatic rings. The number of hydrogen-bond donors (Lipinski definition) is 1. The van der Waals surface area contributed by atoms with Gasteiger partial charge in [-0.3, -0.25) is 19.2 Å². The van der Waals surface area contributed by atoms with E-state index in [1.165, 1.54) is 21.6 Å². The summed E-state index contributed by atoms with van der Waals surface area (Å²) >= 11 is 0. The Labute approximate surface area is 242 Å². The van der Waals surface area contributed by atoms with Gasteiger partial charge in [0.1, 0.15) is 18.1 Å². The van der Waals surface area contributed by atoms with Gasteiger partial charge in [0.25, 0.3) is 0 Å². The molecule has 3 aromatic carbocycles. The van der Waals surface area contributed by atoms with Gasteiger partial charge in [-0.05, 0) is 16.7 Å². The molecular weight excluding hydrogens is 516 g/mol. The molecule has 0 saturated carbocycles. The second-order valence-corrected chi connectivity index (χ2v) is 10.3. The number of carbonyl (C=O) groups excluding carboxylic acids is 4. The Balaban J connectivity index is 1.97. The fourth-order valence-corrected chi connectivity index (χ4v) is 4.86. The van der Waals surface area contributed by atoms with Crippen molar-refractivity contribution in [2.45, 2.75) is 44.3 Å². The van der Waals surface area contributed by atoms with E-state index in [0.29, 0.717) is 12.8 Å². The number of nitrogens with one attached hydrogen (secondary N) is 1. The summed E-state index contributed by atoms with van der Waals surface area (Å²) in [5.74, 6) is -1.26. The number of rotatable bonds is 12. The third-order valence-corrected chi connectivity index (χ3v) is 7.53. The van der Waals surface area contributed by atoms with Crippen LogP contribution in [0.3, 0.4) is 0 Å². The third-order valence-electron chi connectivity index (χ3n) is 7.53. The minimum Gasteiger partial charge on any atom is -0.357 e. The van der Waals surface area contributed by atoms with Crippen LogP contribution in [-0.4, -0.2) is 84.6 Å². The number of nitrogens with zero attached hydrogens (tertiary/aromatic N) is 3. The quantitative estimate of drug-likeness (QED) is 0.372. The van der Waals surface area contributed by atoms with Crippen molar-refractivity contribution in [3.8, 4) is 0 Å². The number of likely N-dealkylation sites (N-methyl/N-ethyl adjacent to an activating group) is 4. The number of amides is 4. The molecule has 1 N–H and O–H groups in total. The maximum absolute atomic E-state index is 14.2. The van der Waals surface area contributed by atoms with Crippen LogP contribution in [0, 0.1) is 0 Å². The second kappa shape index (κ2) is 14.8. The summed E-state index contributed by atoms with van der Waals surface area (Å²) in [4.78, 5) is 58.0. The zero-order chi connectivity index (χ0) is 29.9. The lowest BCUT2D eigenvalue weighted by Gasteiger charge is -2.37. The molecular formula is C33H40N4O4. The molecule has 0 aromatic heterocycles. The smallest absolute Gasteiger partial charge is 0.246 e. The Morgan fingerprint density at radius 1 is 0.561 bits per heavy atom. The van der Waals surface area contributed by atoms with Crippen molar-refractivity contribution in [2.24, 2.45) is 0 Å². The Bertz CT molecular complexity index is 1300. The Morgan fingerprint density at radius 2 is 0.878 bits per heavy atom. The molecule has 3 atom stereocenters. The first kappa shape index (κ1) is 31.1. The van der Waals surface area contributed by atoms with Gasteiger partial charge in [-0.2, -0.15) is 0 Å². The van der Waals surface area contributed by atoms with E-state index in [4.69, 9.17) is 0 Å². The lowest BCUT2D eigenvalue weighted by Crippen LogP contribution is -2.58. The van der Waals surface area contributed by atoms with Gasteiger partial charge in [-0.1, -0.05) is 91.0 Å². The van der Waals surface area contributed by atoms with Crippen LogP contribution in [0.1, 0.15) is 23.6 Å². The molecule has 3 rings (SSSR count). The fourth-order valence-electron chi connectivity index (χ4n) is 4.86. The van der Waals surface area contributed by atoms with E-state index in [1.54, 1.807) is 28.2 Å². The van der Waals surface area contributed by atoms with E-state index >= 15 is 0 Å². The molecule has 8 heteroatoms. The van der Waals surface area contributed by atoms with Gasteiger partial charge < -0.3 is 20.0 Å². The van der Waals surface area contributed by atoms with Gasteiger partial charge in [-0.25, -0.2) is 0 Å². The van der Waals surface area contributed by atoms with E-state index < -0.39 is 18.1 Å². The lowest BCUT2D eigenvalue weighted by atomic mass is 9.98. The molecule has 0 radical (unpaired) electrons. The van der Waals surface area contributed by atoms with Gasteiger partial charge in [0, 0.05) is 54.4 Å². The highest BCUT2D eigenvalue weighted by molar-refractivity contribution is 5.94. The van der Waals surface area contributed by atoms with Crippen molar-refractivity contribution < 1.29 is 19.2 Å². The summed E-state index contributed by atoms with van der Waals surface area (Å²) in [6.45, 7) is 1.42. The van der Waals surface area contributed by atoms with Gasteiger partial charge in [0.15, 0.2) is 0 Å². The number of carbonyl (C=O) groups is 4. The van der Waals surface area contributed by atoms with Crippen LogP contribution < -0.4 is 5.32 Å². The van der Waals surface area contributed by atoms with E-state index in [9.17, 15) is 19.2 Å². The first-order valence-corrected chi connectivity index (χ1v) is 13.7. The summed E-state index contributed by atoms with van der Waals surface area (Å²) in [6, 6.07) is 26.0. The van der Waals surface area contributed by atoms with Crippen molar-refractivity contribution in [3.63, 3.8) is 0 Å². The molecule has 0 saturated heterocycles. The molecule has 0 fully saturated rings. The monoisotopic (exact) mass is 556 g/mol. The second-order valence-electron chi connectivity index (χ2n) is 10.3. The molecule has 0 aliphatic rings. The van der Waals surface area contributed by atoms with E-state index in [0.717, 1.165) is 16.7 Å². The maximum Gasteiger partial charge on any atom is 0.246 e. The van der Waals surface area contributed by atoms with Crippen molar-refractivity contribution >= 4 is 23.6 Å². The van der Waals surface area contributed by atoms with Gasteiger partial charge >= 0.3 is 0 Å². The molecule has 8 nitrogen and oxygen atoms in total. The number of hydrogen-bond acceptors (Lipinski definition) is 4. The summed E-state index contributed by atoms with van der Waals surface area (Å²) in [5.41, 5.74) is 2.69. The lowest BCUT2D eigenvalue weighted by molar-refractivity contribution is -0.151. The molecule has 0 bridgehead atoms. The average molecular weight is 557 g/mol. The first-order valence-electron chi connectivity index (χ1n) is 13.7. The molecule has 0 unspecified atom stereocenters.